The van der Waals surface area contributed by atoms with E-state index in [9.17, 15) is 22.8 Å². The molecule has 1 saturated carbocycles. The van der Waals surface area contributed by atoms with Gasteiger partial charge in [0.25, 0.3) is 5.91 Å². The number of amides is 4. The largest absolute Gasteiger partial charge is 0.352 e. The van der Waals surface area contributed by atoms with Gasteiger partial charge < -0.3 is 10.6 Å². The van der Waals surface area contributed by atoms with Crippen LogP contribution in [0.5, 0.6) is 0 Å². The third-order valence-electron chi connectivity index (χ3n) is 7.99. The highest BCUT2D eigenvalue weighted by molar-refractivity contribution is 7.90. The van der Waals surface area contributed by atoms with Crippen LogP contribution in [0.2, 0.25) is 0 Å². The maximum atomic E-state index is 13.9. The van der Waals surface area contributed by atoms with Gasteiger partial charge in [0.05, 0.1) is 4.90 Å². The highest BCUT2D eigenvalue weighted by Crippen LogP contribution is 2.42. The summed E-state index contributed by atoms with van der Waals surface area (Å²) in [4.78, 5) is 42.0. The van der Waals surface area contributed by atoms with E-state index in [0.717, 1.165) is 41.5 Å². The van der Waals surface area contributed by atoms with Gasteiger partial charge in [0.2, 0.25) is 5.91 Å². The molecule has 1 heterocycles. The van der Waals surface area contributed by atoms with E-state index in [2.05, 4.69) is 10.6 Å². The summed E-state index contributed by atoms with van der Waals surface area (Å²) in [5, 5.41) is 5.96. The van der Waals surface area contributed by atoms with E-state index in [4.69, 9.17) is 0 Å². The minimum atomic E-state index is -3.37. The molecule has 1 aliphatic heterocycles. The van der Waals surface area contributed by atoms with Crippen LogP contribution in [0.25, 0.3) is 0 Å². The predicted molar refractivity (Wildman–Crippen MR) is 134 cm³/mol. The number of carbonyl (C=O) groups excluding carboxylic acids is 3. The molecule has 1 spiro atoms. The number of fused-ring (bicyclic) bond motifs is 2. The summed E-state index contributed by atoms with van der Waals surface area (Å²) < 4.78 is 23.7. The van der Waals surface area contributed by atoms with Crippen LogP contribution >= 0.6 is 0 Å². The zero-order chi connectivity index (χ0) is 25.7. The first-order chi connectivity index (χ1) is 17.1. The smallest absolute Gasteiger partial charge is 0.326 e. The first-order valence-electron chi connectivity index (χ1n) is 12.4. The average molecular weight is 510 g/mol. The Morgan fingerprint density at radius 2 is 1.83 bits per heavy atom. The fourth-order valence-corrected chi connectivity index (χ4v) is 6.25. The normalized spacial score (nSPS) is 23.2. The van der Waals surface area contributed by atoms with Crippen LogP contribution < -0.4 is 10.6 Å². The Morgan fingerprint density at radius 3 is 2.47 bits per heavy atom. The molecule has 36 heavy (non-hydrogen) atoms. The lowest BCUT2D eigenvalue weighted by Gasteiger charge is -2.34. The average Bonchev–Trinajstić information content (AvgIpc) is 3.28. The molecule has 0 bridgehead atoms. The number of carbonyl (C=O) groups is 3. The number of aryl methyl sites for hydroxylation is 1. The Morgan fingerprint density at radius 1 is 1.14 bits per heavy atom. The topological polar surface area (TPSA) is 113 Å². The number of urea groups is 1. The first-order valence-corrected chi connectivity index (χ1v) is 14.3. The van der Waals surface area contributed by atoms with Crippen molar-refractivity contribution in [2.45, 2.75) is 68.0 Å². The highest BCUT2D eigenvalue weighted by Gasteiger charge is 2.57. The van der Waals surface area contributed by atoms with Crippen molar-refractivity contribution in [3.05, 3.63) is 65.2 Å². The molecule has 0 radical (unpaired) electrons. The first kappa shape index (κ1) is 24.5. The summed E-state index contributed by atoms with van der Waals surface area (Å²) in [5.41, 5.74) is 1.30. The number of nitrogens with one attached hydrogen (secondary N) is 2. The van der Waals surface area contributed by atoms with Gasteiger partial charge in [0.15, 0.2) is 9.84 Å². The lowest BCUT2D eigenvalue weighted by molar-refractivity contribution is -0.139. The van der Waals surface area contributed by atoms with Gasteiger partial charge in [0, 0.05) is 18.7 Å². The van der Waals surface area contributed by atoms with Crippen LogP contribution in [-0.4, -0.2) is 49.5 Å². The summed E-state index contributed by atoms with van der Waals surface area (Å²) in [5.74, 6) is -0.408. The number of sulfone groups is 1. The molecule has 4 amide bonds. The Hall–Kier alpha value is -3.20. The second-order valence-electron chi connectivity index (χ2n) is 10.3. The third-order valence-corrected chi connectivity index (χ3v) is 9.12. The van der Waals surface area contributed by atoms with Gasteiger partial charge in [-0.1, -0.05) is 42.8 Å². The molecular formula is C27H31N3O5S. The van der Waals surface area contributed by atoms with Crippen molar-refractivity contribution in [3.63, 3.8) is 0 Å². The molecule has 3 atom stereocenters. The van der Waals surface area contributed by atoms with E-state index in [1.807, 2.05) is 31.2 Å². The molecule has 2 aromatic carbocycles. The Labute approximate surface area is 211 Å². The quantitative estimate of drug-likeness (QED) is 0.558. The number of nitrogens with zero attached hydrogens (tertiary/aromatic N) is 1. The lowest BCUT2D eigenvalue weighted by atomic mass is 9.80. The van der Waals surface area contributed by atoms with E-state index in [1.165, 1.54) is 12.1 Å². The van der Waals surface area contributed by atoms with Crippen molar-refractivity contribution in [2.75, 3.05) is 6.26 Å². The van der Waals surface area contributed by atoms with Crippen molar-refractivity contribution >= 4 is 27.7 Å². The van der Waals surface area contributed by atoms with Crippen LogP contribution in [0.1, 0.15) is 49.3 Å². The van der Waals surface area contributed by atoms with Crippen LogP contribution in [0.15, 0.2) is 53.4 Å². The minimum absolute atomic E-state index is 0.0664. The van der Waals surface area contributed by atoms with Crippen molar-refractivity contribution < 1.29 is 22.8 Å². The van der Waals surface area contributed by atoms with Crippen molar-refractivity contribution in [1.82, 2.24) is 15.5 Å². The van der Waals surface area contributed by atoms with Gasteiger partial charge in [-0.3, -0.25) is 9.59 Å². The SMILES string of the molecule is C[C@H](NC(=O)C(Cc1ccc(S(C)(=O)=O)cc1)N1C(=O)N[C@]2(CCc3ccccc32)C1=O)C1CCC1. The van der Waals surface area contributed by atoms with Gasteiger partial charge in [0.1, 0.15) is 11.6 Å². The molecule has 3 aliphatic rings. The molecule has 2 N–H and O–H groups in total. The molecular weight excluding hydrogens is 478 g/mol. The van der Waals surface area contributed by atoms with E-state index in [1.54, 1.807) is 12.1 Å². The number of rotatable bonds is 7. The van der Waals surface area contributed by atoms with E-state index >= 15 is 0 Å². The number of hydrogen-bond acceptors (Lipinski definition) is 5. The van der Waals surface area contributed by atoms with E-state index < -0.39 is 33.4 Å². The second-order valence-corrected chi connectivity index (χ2v) is 12.3. The highest BCUT2D eigenvalue weighted by atomic mass is 32.2. The summed E-state index contributed by atoms with van der Waals surface area (Å²) in [6.45, 7) is 1.96. The number of hydrogen-bond donors (Lipinski definition) is 2. The molecule has 2 fully saturated rings. The second kappa shape index (κ2) is 9.03. The van der Waals surface area contributed by atoms with E-state index in [0.29, 0.717) is 24.3 Å². The van der Waals surface area contributed by atoms with Crippen LogP contribution in [0.4, 0.5) is 4.79 Å². The fourth-order valence-electron chi connectivity index (χ4n) is 5.62. The molecule has 5 rings (SSSR count). The monoisotopic (exact) mass is 509 g/mol. The minimum Gasteiger partial charge on any atom is -0.352 e. The zero-order valence-electron chi connectivity index (χ0n) is 20.5. The number of imide groups is 1. The molecule has 8 nitrogen and oxygen atoms in total. The molecule has 190 valence electrons. The summed E-state index contributed by atoms with van der Waals surface area (Å²) in [6.07, 6.45) is 5.55. The van der Waals surface area contributed by atoms with Gasteiger partial charge >= 0.3 is 6.03 Å². The van der Waals surface area contributed by atoms with Gasteiger partial charge in [-0.2, -0.15) is 0 Å². The third kappa shape index (κ3) is 4.19. The fraction of sp³-hybridized carbons (Fsp3) is 0.444. The maximum absolute atomic E-state index is 13.9. The molecule has 1 unspecified atom stereocenters. The zero-order valence-corrected chi connectivity index (χ0v) is 21.3. The molecule has 2 aliphatic carbocycles. The Balaban J connectivity index is 1.46. The van der Waals surface area contributed by atoms with Crippen molar-refractivity contribution in [3.8, 4) is 0 Å². The summed E-state index contributed by atoms with van der Waals surface area (Å²) >= 11 is 0. The predicted octanol–water partition coefficient (Wildman–Crippen LogP) is 2.70. The molecule has 9 heteroatoms. The van der Waals surface area contributed by atoms with Gasteiger partial charge in [-0.05, 0) is 67.3 Å². The van der Waals surface area contributed by atoms with Crippen molar-refractivity contribution in [2.24, 2.45) is 5.92 Å². The molecule has 1 saturated heterocycles. The maximum Gasteiger partial charge on any atom is 0.326 e. The summed E-state index contributed by atoms with van der Waals surface area (Å²) in [6, 6.07) is 12.1. The Kier molecular flexibility index (Phi) is 6.14. The number of benzene rings is 2. The lowest BCUT2D eigenvalue weighted by Crippen LogP contribution is -2.54. The van der Waals surface area contributed by atoms with Gasteiger partial charge in [-0.25, -0.2) is 18.1 Å². The van der Waals surface area contributed by atoms with E-state index in [-0.39, 0.29) is 23.3 Å². The van der Waals surface area contributed by atoms with Crippen LogP contribution in [0, 0.1) is 5.92 Å². The van der Waals surface area contributed by atoms with Crippen molar-refractivity contribution in [1.29, 1.82) is 0 Å². The Bertz CT molecular complexity index is 1320. The van der Waals surface area contributed by atoms with Gasteiger partial charge in [-0.15, -0.1) is 0 Å². The van der Waals surface area contributed by atoms with Crippen LogP contribution in [0.3, 0.4) is 0 Å². The molecule has 2 aromatic rings. The summed E-state index contributed by atoms with van der Waals surface area (Å²) in [7, 11) is -3.37. The standard InChI is InChI=1S/C27H31N3O5S/c1-17(19-7-5-8-19)28-24(31)23(16-18-10-12-21(13-11-18)36(2,34)35)30-25(32)27(29-26(30)33)15-14-20-6-3-4-9-22(20)27/h3-4,6,9-13,17,19,23H,5,7-8,14-16H2,1-2H3,(H,28,31)(H,29,33)/t17-,23?,27-/m0/s1. The molecule has 0 aromatic heterocycles. The van der Waals surface area contributed by atoms with Crippen LogP contribution in [-0.2, 0) is 37.8 Å².